The lowest BCUT2D eigenvalue weighted by Crippen LogP contribution is -1.97. The molecule has 0 aromatic heterocycles. The van der Waals surface area contributed by atoms with Gasteiger partial charge in [0.25, 0.3) is 0 Å². The van der Waals surface area contributed by atoms with E-state index in [1.165, 1.54) is 0 Å². The summed E-state index contributed by atoms with van der Waals surface area (Å²) >= 11 is 0. The first-order chi connectivity index (χ1) is 4.06. The average molecular weight is 160 g/mol. The van der Waals surface area contributed by atoms with Gasteiger partial charge >= 0.3 is 13.8 Å². The topological polar surface area (TPSA) is 35.5 Å². The van der Waals surface area contributed by atoms with Crippen molar-refractivity contribution < 1.29 is 22.4 Å². The average Bonchev–Trinajstić information content (AvgIpc) is 1.86. The fourth-order valence-electron chi connectivity index (χ4n) is 0.234. The third-order valence-corrected chi connectivity index (χ3v) is 2.24. The van der Waals surface area contributed by atoms with E-state index in [0.29, 0.717) is 0 Å². The molecular formula is C3H7F2O3P. The van der Waals surface area contributed by atoms with Gasteiger partial charge in [-0.3, -0.25) is 4.57 Å². The summed E-state index contributed by atoms with van der Waals surface area (Å²) in [6.45, 7) is 0. The zero-order valence-corrected chi connectivity index (χ0v) is 5.90. The molecule has 0 aliphatic rings. The molecule has 0 radical (unpaired) electrons. The zero-order chi connectivity index (χ0) is 7.49. The molecule has 0 atom stereocenters. The van der Waals surface area contributed by atoms with Crippen LogP contribution in [0.25, 0.3) is 0 Å². The summed E-state index contributed by atoms with van der Waals surface area (Å²) in [5, 5.41) is 0. The maximum atomic E-state index is 11.6. The third kappa shape index (κ3) is 2.01. The molecule has 0 heterocycles. The molecule has 0 aromatic rings. The van der Waals surface area contributed by atoms with Crippen LogP contribution in [0.2, 0.25) is 0 Å². The van der Waals surface area contributed by atoms with Crippen molar-refractivity contribution in [1.29, 1.82) is 0 Å². The quantitative estimate of drug-likeness (QED) is 0.589. The fourth-order valence-corrected chi connectivity index (χ4v) is 0.702. The molecular weight excluding hydrogens is 153 g/mol. The minimum Gasteiger partial charge on any atom is -0.308 e. The smallest absolute Gasteiger partial charge is 0.308 e. The Labute approximate surface area is 51.5 Å². The van der Waals surface area contributed by atoms with Gasteiger partial charge in [-0.15, -0.1) is 0 Å². The van der Waals surface area contributed by atoms with Gasteiger partial charge in [0.15, 0.2) is 0 Å². The van der Waals surface area contributed by atoms with Crippen LogP contribution in [-0.4, -0.2) is 20.4 Å². The molecule has 56 valence electrons. The SMILES string of the molecule is COP(=O)(OC)C(F)F. The van der Waals surface area contributed by atoms with Crippen molar-refractivity contribution in [3.8, 4) is 0 Å². The summed E-state index contributed by atoms with van der Waals surface area (Å²) in [5.41, 5.74) is 0. The second-order valence-electron chi connectivity index (χ2n) is 1.18. The van der Waals surface area contributed by atoms with Crippen LogP contribution in [0.15, 0.2) is 0 Å². The zero-order valence-electron chi connectivity index (χ0n) is 5.01. The lowest BCUT2D eigenvalue weighted by atomic mass is 11.7. The van der Waals surface area contributed by atoms with E-state index in [4.69, 9.17) is 0 Å². The van der Waals surface area contributed by atoms with Crippen molar-refractivity contribution in [2.75, 3.05) is 14.2 Å². The third-order valence-electron chi connectivity index (χ3n) is 0.748. The molecule has 0 N–H and O–H groups in total. The minimum atomic E-state index is -4.09. The van der Waals surface area contributed by atoms with Crippen molar-refractivity contribution in [2.24, 2.45) is 0 Å². The van der Waals surface area contributed by atoms with E-state index < -0.39 is 13.8 Å². The summed E-state index contributed by atoms with van der Waals surface area (Å²) in [7, 11) is -2.26. The number of hydrogen-bond acceptors (Lipinski definition) is 3. The Morgan fingerprint density at radius 1 is 1.33 bits per heavy atom. The van der Waals surface area contributed by atoms with Crippen LogP contribution in [-0.2, 0) is 13.6 Å². The predicted molar refractivity (Wildman–Crippen MR) is 27.6 cm³/mol. The number of hydrogen-bond donors (Lipinski definition) is 0. The minimum absolute atomic E-state index is 0.913. The molecule has 9 heavy (non-hydrogen) atoms. The highest BCUT2D eigenvalue weighted by Gasteiger charge is 2.33. The highest BCUT2D eigenvalue weighted by molar-refractivity contribution is 7.54. The van der Waals surface area contributed by atoms with Crippen molar-refractivity contribution in [3.63, 3.8) is 0 Å². The molecule has 0 saturated heterocycles. The van der Waals surface area contributed by atoms with Gasteiger partial charge < -0.3 is 9.05 Å². The van der Waals surface area contributed by atoms with Crippen molar-refractivity contribution in [1.82, 2.24) is 0 Å². The molecule has 0 unspecified atom stereocenters. The van der Waals surface area contributed by atoms with Gasteiger partial charge in [-0.05, 0) is 0 Å². The summed E-state index contributed by atoms with van der Waals surface area (Å²) in [5.74, 6) is 0. The standard InChI is InChI=1S/C3H7F2O3P/c1-7-9(6,8-2)3(4)5/h3H,1-2H3. The first-order valence-electron chi connectivity index (χ1n) is 2.06. The molecule has 0 fully saturated rings. The summed E-state index contributed by atoms with van der Waals surface area (Å²) in [4.78, 5) is 0. The van der Waals surface area contributed by atoms with Gasteiger partial charge in [-0.2, -0.15) is 8.78 Å². The monoisotopic (exact) mass is 160 g/mol. The summed E-state index contributed by atoms with van der Waals surface area (Å²) in [6.07, 6.45) is -3.06. The normalized spacial score (nSPS) is 12.6. The van der Waals surface area contributed by atoms with E-state index in [1.807, 2.05) is 0 Å². The van der Waals surface area contributed by atoms with E-state index in [9.17, 15) is 13.3 Å². The van der Waals surface area contributed by atoms with Gasteiger partial charge in [0.2, 0.25) is 0 Å². The van der Waals surface area contributed by atoms with E-state index in [1.54, 1.807) is 0 Å². The highest BCUT2D eigenvalue weighted by Crippen LogP contribution is 2.52. The molecule has 0 bridgehead atoms. The Balaban J connectivity index is 4.11. The number of alkyl halides is 2. The van der Waals surface area contributed by atoms with Crippen LogP contribution in [0.3, 0.4) is 0 Å². The van der Waals surface area contributed by atoms with Crippen LogP contribution in [0.4, 0.5) is 8.78 Å². The maximum absolute atomic E-state index is 11.6. The van der Waals surface area contributed by atoms with Crippen molar-refractivity contribution in [3.05, 3.63) is 0 Å². The number of rotatable bonds is 3. The first kappa shape index (κ1) is 9.01. The molecule has 0 aromatic carbocycles. The molecule has 0 saturated carbocycles. The van der Waals surface area contributed by atoms with Crippen LogP contribution in [0.5, 0.6) is 0 Å². The lowest BCUT2D eigenvalue weighted by molar-refractivity contribution is 0.158. The molecule has 0 rings (SSSR count). The molecule has 0 aliphatic carbocycles. The summed E-state index contributed by atoms with van der Waals surface area (Å²) < 4.78 is 41.5. The fraction of sp³-hybridized carbons (Fsp3) is 1.00. The Hall–Kier alpha value is 0.01000. The molecule has 3 nitrogen and oxygen atoms in total. The molecule has 6 heteroatoms. The summed E-state index contributed by atoms with van der Waals surface area (Å²) in [6, 6.07) is 0. The van der Waals surface area contributed by atoms with Gasteiger partial charge in [0.1, 0.15) is 0 Å². The second-order valence-corrected chi connectivity index (χ2v) is 3.38. The predicted octanol–water partition coefficient (Wildman–Crippen LogP) is 1.69. The first-order valence-corrected chi connectivity index (χ1v) is 3.67. The largest absolute Gasteiger partial charge is 0.395 e. The molecule has 0 aliphatic heterocycles. The van der Waals surface area contributed by atoms with Crippen LogP contribution >= 0.6 is 7.60 Å². The van der Waals surface area contributed by atoms with E-state index in [-0.39, 0.29) is 0 Å². The number of halogens is 2. The van der Waals surface area contributed by atoms with Crippen LogP contribution < -0.4 is 0 Å². The van der Waals surface area contributed by atoms with Crippen LogP contribution in [0.1, 0.15) is 0 Å². The van der Waals surface area contributed by atoms with E-state index in [0.717, 1.165) is 14.2 Å². The lowest BCUT2D eigenvalue weighted by Gasteiger charge is -2.10. The van der Waals surface area contributed by atoms with Crippen molar-refractivity contribution >= 4 is 7.60 Å². The maximum Gasteiger partial charge on any atom is 0.395 e. The molecule has 0 amide bonds. The van der Waals surface area contributed by atoms with Crippen molar-refractivity contribution in [2.45, 2.75) is 6.17 Å². The Morgan fingerprint density at radius 3 is 1.67 bits per heavy atom. The Bertz CT molecular complexity index is 118. The van der Waals surface area contributed by atoms with Gasteiger partial charge in [-0.1, -0.05) is 0 Å². The second kappa shape index (κ2) is 3.25. The van der Waals surface area contributed by atoms with E-state index >= 15 is 0 Å². The van der Waals surface area contributed by atoms with Gasteiger partial charge in [0, 0.05) is 14.2 Å². The highest BCUT2D eigenvalue weighted by atomic mass is 31.2. The Morgan fingerprint density at radius 2 is 1.67 bits per heavy atom. The van der Waals surface area contributed by atoms with Crippen LogP contribution in [0, 0.1) is 0 Å². The van der Waals surface area contributed by atoms with Gasteiger partial charge in [0.05, 0.1) is 0 Å². The van der Waals surface area contributed by atoms with Gasteiger partial charge in [-0.25, -0.2) is 0 Å². The van der Waals surface area contributed by atoms with E-state index in [2.05, 4.69) is 9.05 Å². The molecule has 0 spiro atoms. The Kier molecular flexibility index (Phi) is 3.25.